The summed E-state index contributed by atoms with van der Waals surface area (Å²) >= 11 is 1.35. The van der Waals surface area contributed by atoms with Crippen LogP contribution >= 0.6 is 11.3 Å². The van der Waals surface area contributed by atoms with Gasteiger partial charge in [-0.15, -0.1) is 11.3 Å². The number of amides is 3. The predicted octanol–water partition coefficient (Wildman–Crippen LogP) is 6.33. The second-order valence-corrected chi connectivity index (χ2v) is 17.2. The Kier molecular flexibility index (Phi) is 21.1. The fourth-order valence-corrected chi connectivity index (χ4v) is 8.33. The van der Waals surface area contributed by atoms with Crippen LogP contribution in [0.5, 0.6) is 5.75 Å². The van der Waals surface area contributed by atoms with E-state index in [4.69, 9.17) is 14.5 Å². The number of carbonyl (C=O) groups is 4. The molecule has 1 aliphatic rings. The molecule has 2 aromatic rings. The molecule has 13 nitrogen and oxygen atoms in total. The number of nitrogens with one attached hydrogen (secondary N) is 3. The first-order valence-electron chi connectivity index (χ1n) is 21.5. The van der Waals surface area contributed by atoms with Crippen molar-refractivity contribution in [3.8, 4) is 5.75 Å². The van der Waals surface area contributed by atoms with Gasteiger partial charge >= 0.3 is 5.97 Å². The van der Waals surface area contributed by atoms with Gasteiger partial charge in [0.15, 0.2) is 0 Å². The van der Waals surface area contributed by atoms with Gasteiger partial charge in [-0.1, -0.05) is 73.4 Å². The molecule has 1 aromatic carbocycles. The average Bonchev–Trinajstić information content (AvgIpc) is 3.70. The van der Waals surface area contributed by atoms with Gasteiger partial charge in [0, 0.05) is 43.6 Å². The van der Waals surface area contributed by atoms with Crippen LogP contribution in [0, 0.1) is 17.8 Å². The Morgan fingerprint density at radius 2 is 1.72 bits per heavy atom. The number of likely N-dealkylation sites (tertiary alicyclic amines) is 1. The number of piperidine rings is 1. The van der Waals surface area contributed by atoms with Crippen LogP contribution in [0.25, 0.3) is 0 Å². The number of rotatable bonds is 26. The maximum absolute atomic E-state index is 14.7. The largest absolute Gasteiger partial charge is 0.492 e. The van der Waals surface area contributed by atoms with Crippen molar-refractivity contribution >= 4 is 35.0 Å². The molecular weight excluding hydrogens is 757 g/mol. The number of likely N-dealkylation sites (N-methyl/N-ethyl adjacent to an activating group) is 2. The summed E-state index contributed by atoms with van der Waals surface area (Å²) in [4.78, 5) is 62.8. The highest BCUT2D eigenvalue weighted by Gasteiger charge is 2.38. The van der Waals surface area contributed by atoms with E-state index in [0.717, 1.165) is 62.9 Å². The first-order valence-corrected chi connectivity index (χ1v) is 22.4. The van der Waals surface area contributed by atoms with Crippen molar-refractivity contribution in [1.82, 2.24) is 30.7 Å². The SMILES string of the molecule is CCCO[C@H](C[C@H](C(C)C)N(CCC)C(=O)[C@@H](NC(=O)[C@H]1CCCCN1C)[C@@H](C)CC)c1nc(C(=O)NC(Cc2ccc(OCCNC)cc2)C[C@H](C)C(=O)O)cs1. The van der Waals surface area contributed by atoms with Crippen LogP contribution in [0.2, 0.25) is 0 Å². The molecule has 58 heavy (non-hydrogen) atoms. The monoisotopic (exact) mass is 829 g/mol. The molecule has 2 heterocycles. The molecule has 1 aliphatic heterocycles. The van der Waals surface area contributed by atoms with Crippen molar-refractivity contribution < 1.29 is 33.8 Å². The summed E-state index contributed by atoms with van der Waals surface area (Å²) in [5.74, 6) is -1.40. The van der Waals surface area contributed by atoms with Gasteiger partial charge in [0.1, 0.15) is 35.2 Å². The second kappa shape index (κ2) is 25.1. The normalized spacial score (nSPS) is 17.8. The Morgan fingerprint density at radius 3 is 2.33 bits per heavy atom. The van der Waals surface area contributed by atoms with E-state index in [1.807, 2.05) is 64.0 Å². The molecule has 3 rings (SSSR count). The lowest BCUT2D eigenvalue weighted by molar-refractivity contribution is -0.143. The fourth-order valence-electron chi connectivity index (χ4n) is 7.47. The van der Waals surface area contributed by atoms with Crippen LogP contribution < -0.4 is 20.7 Å². The average molecular weight is 829 g/mol. The number of aromatic nitrogens is 1. The van der Waals surface area contributed by atoms with E-state index in [1.165, 1.54) is 11.3 Å². The topological polar surface area (TPSA) is 162 Å². The summed E-state index contributed by atoms with van der Waals surface area (Å²) in [6.45, 7) is 17.2. The van der Waals surface area contributed by atoms with Crippen LogP contribution in [0.4, 0.5) is 0 Å². The van der Waals surface area contributed by atoms with Gasteiger partial charge in [0.2, 0.25) is 11.8 Å². The number of hydrogen-bond donors (Lipinski definition) is 4. The Bertz CT molecular complexity index is 1550. The number of carboxylic acid groups (broad SMARTS) is 1. The maximum atomic E-state index is 14.7. The van der Waals surface area contributed by atoms with Crippen LogP contribution in [0.3, 0.4) is 0 Å². The minimum atomic E-state index is -0.927. The number of nitrogens with zero attached hydrogens (tertiary/aromatic N) is 3. The van der Waals surface area contributed by atoms with Gasteiger partial charge in [0.25, 0.3) is 5.91 Å². The van der Waals surface area contributed by atoms with Crippen molar-refractivity contribution in [3.63, 3.8) is 0 Å². The van der Waals surface area contributed by atoms with Gasteiger partial charge in [-0.3, -0.25) is 24.1 Å². The molecule has 0 bridgehead atoms. The Balaban J connectivity index is 1.84. The molecule has 1 saturated heterocycles. The molecular formula is C44H72N6O7S. The highest BCUT2D eigenvalue weighted by Crippen LogP contribution is 2.32. The van der Waals surface area contributed by atoms with Crippen molar-refractivity contribution in [2.24, 2.45) is 17.8 Å². The summed E-state index contributed by atoms with van der Waals surface area (Å²) in [5.41, 5.74) is 1.18. The highest BCUT2D eigenvalue weighted by molar-refractivity contribution is 7.09. The van der Waals surface area contributed by atoms with Crippen LogP contribution in [-0.4, -0.2) is 115 Å². The van der Waals surface area contributed by atoms with E-state index >= 15 is 0 Å². The first kappa shape index (κ1) is 48.8. The van der Waals surface area contributed by atoms with Crippen molar-refractivity contribution in [3.05, 3.63) is 45.9 Å². The van der Waals surface area contributed by atoms with E-state index in [-0.39, 0.29) is 53.8 Å². The van der Waals surface area contributed by atoms with Crippen molar-refractivity contribution in [1.29, 1.82) is 0 Å². The Labute approximate surface area is 351 Å². The molecule has 0 radical (unpaired) electrons. The third-order valence-electron chi connectivity index (χ3n) is 11.2. The lowest BCUT2D eigenvalue weighted by atomic mass is 9.92. The van der Waals surface area contributed by atoms with Crippen LogP contribution in [-0.2, 0) is 25.5 Å². The van der Waals surface area contributed by atoms with Gasteiger partial charge in [-0.2, -0.15) is 0 Å². The molecule has 1 unspecified atom stereocenters. The van der Waals surface area contributed by atoms with E-state index < -0.39 is 30.1 Å². The molecule has 7 atom stereocenters. The molecule has 1 aromatic heterocycles. The smallest absolute Gasteiger partial charge is 0.306 e. The number of carboxylic acids is 1. The molecule has 0 saturated carbocycles. The summed E-state index contributed by atoms with van der Waals surface area (Å²) in [6, 6.07) is 6.05. The summed E-state index contributed by atoms with van der Waals surface area (Å²) in [6.07, 6.45) is 5.79. The van der Waals surface area contributed by atoms with Gasteiger partial charge in [0.05, 0.1) is 12.0 Å². The van der Waals surface area contributed by atoms with Gasteiger partial charge < -0.3 is 35.4 Å². The number of benzene rings is 1. The third-order valence-corrected chi connectivity index (χ3v) is 12.1. The lowest BCUT2D eigenvalue weighted by Crippen LogP contribution is -2.58. The number of ether oxygens (including phenoxy) is 2. The Hall–Kier alpha value is -3.59. The van der Waals surface area contributed by atoms with Crippen LogP contribution in [0.15, 0.2) is 29.6 Å². The van der Waals surface area contributed by atoms with Gasteiger partial charge in [-0.05, 0) is 88.7 Å². The van der Waals surface area contributed by atoms with Crippen LogP contribution in [0.1, 0.15) is 127 Å². The first-order chi connectivity index (χ1) is 27.7. The molecule has 0 aliphatic carbocycles. The number of aliphatic carboxylic acids is 1. The third kappa shape index (κ3) is 14.9. The maximum Gasteiger partial charge on any atom is 0.306 e. The number of hydrogen-bond acceptors (Lipinski definition) is 10. The zero-order chi connectivity index (χ0) is 42.8. The molecule has 14 heteroatoms. The zero-order valence-electron chi connectivity index (χ0n) is 36.6. The fraction of sp³-hybridized carbons (Fsp3) is 0.705. The van der Waals surface area contributed by atoms with Crippen molar-refractivity contribution in [2.75, 3.05) is 46.9 Å². The standard InChI is InChI=1S/C44H72N6O7S/c1-10-21-50(43(53)39(30(6)12-3)48-41(52)36-15-13-14-22-49(36)9)37(29(4)5)27-38(57-23-11-2)42-47-35(28-58-42)40(51)46-33(25-31(7)44(54)55)26-32-16-18-34(19-17-32)56-24-20-45-8/h16-19,28-31,33,36-39,45H,10-15,20-27H2,1-9H3,(H,46,51)(H,48,52)(H,54,55)/t30-,31-,33?,36+,37+,38+,39-/m0/s1. The molecule has 1 fully saturated rings. The molecule has 3 amide bonds. The molecule has 4 N–H and O–H groups in total. The molecule has 326 valence electrons. The van der Waals surface area contributed by atoms with Gasteiger partial charge in [-0.25, -0.2) is 4.98 Å². The number of carbonyl (C=O) groups excluding carboxylic acids is 3. The Morgan fingerprint density at radius 1 is 1.00 bits per heavy atom. The summed E-state index contributed by atoms with van der Waals surface area (Å²) < 4.78 is 12.2. The summed E-state index contributed by atoms with van der Waals surface area (Å²) in [7, 11) is 3.84. The van der Waals surface area contributed by atoms with E-state index in [1.54, 1.807) is 12.3 Å². The minimum Gasteiger partial charge on any atom is -0.492 e. The minimum absolute atomic E-state index is 0.0614. The quantitative estimate of drug-likeness (QED) is 0.0789. The van der Waals surface area contributed by atoms with Crippen molar-refractivity contribution in [2.45, 2.75) is 137 Å². The zero-order valence-corrected chi connectivity index (χ0v) is 37.4. The second-order valence-electron chi connectivity index (χ2n) is 16.3. The predicted molar refractivity (Wildman–Crippen MR) is 230 cm³/mol. The van der Waals surface area contributed by atoms with E-state index in [2.05, 4.69) is 41.6 Å². The molecule has 0 spiro atoms. The van der Waals surface area contributed by atoms with E-state index in [0.29, 0.717) is 37.6 Å². The lowest BCUT2D eigenvalue weighted by Gasteiger charge is -2.40. The summed E-state index contributed by atoms with van der Waals surface area (Å²) in [5, 5.41) is 21.4. The highest BCUT2D eigenvalue weighted by atomic mass is 32.1. The number of thiazole rings is 1. The van der Waals surface area contributed by atoms with E-state index in [9.17, 15) is 24.3 Å².